The number of amides is 1. The summed E-state index contributed by atoms with van der Waals surface area (Å²) >= 11 is 1.94. The lowest BCUT2D eigenvalue weighted by atomic mass is 10.1. The van der Waals surface area contributed by atoms with E-state index in [-0.39, 0.29) is 16.8 Å². The summed E-state index contributed by atoms with van der Waals surface area (Å²) in [5.41, 5.74) is 1.50. The highest BCUT2D eigenvalue weighted by atomic mass is 32.2. The maximum absolute atomic E-state index is 12.7. The van der Waals surface area contributed by atoms with E-state index >= 15 is 0 Å². The van der Waals surface area contributed by atoms with Gasteiger partial charge < -0.3 is 9.73 Å². The molecule has 1 atom stereocenters. The maximum atomic E-state index is 12.7. The van der Waals surface area contributed by atoms with E-state index in [4.69, 9.17) is 4.42 Å². The van der Waals surface area contributed by atoms with Gasteiger partial charge in [0.15, 0.2) is 0 Å². The molecule has 30 heavy (non-hydrogen) atoms. The van der Waals surface area contributed by atoms with Crippen molar-refractivity contribution in [3.8, 4) is 0 Å². The number of nitrogens with zero attached hydrogens (tertiary/aromatic N) is 2. The lowest BCUT2D eigenvalue weighted by Crippen LogP contribution is -2.41. The first-order valence-corrected chi connectivity index (χ1v) is 12.9. The predicted octanol–water partition coefficient (Wildman–Crippen LogP) is 2.58. The van der Waals surface area contributed by atoms with Crippen LogP contribution < -0.4 is 5.32 Å². The van der Waals surface area contributed by atoms with E-state index < -0.39 is 10.0 Å². The number of carbonyl (C=O) groups is 1. The summed E-state index contributed by atoms with van der Waals surface area (Å²) in [5, 5.41) is 3.01. The Labute approximate surface area is 181 Å². The monoisotopic (exact) mass is 449 g/mol. The molecule has 2 aromatic rings. The Morgan fingerprint density at radius 3 is 2.40 bits per heavy atom. The van der Waals surface area contributed by atoms with Gasteiger partial charge in [-0.2, -0.15) is 16.1 Å². The zero-order valence-corrected chi connectivity index (χ0v) is 18.5. The molecule has 2 aliphatic rings. The molecule has 1 aromatic carbocycles. The van der Waals surface area contributed by atoms with Crippen LogP contribution >= 0.6 is 11.8 Å². The van der Waals surface area contributed by atoms with E-state index in [2.05, 4.69) is 10.2 Å². The molecule has 9 heteroatoms. The molecule has 0 aliphatic carbocycles. The van der Waals surface area contributed by atoms with E-state index in [1.54, 1.807) is 24.7 Å². The fraction of sp³-hybridized carbons (Fsp3) is 0.476. The normalized spacial score (nSPS) is 19.6. The molecule has 2 fully saturated rings. The highest BCUT2D eigenvalue weighted by molar-refractivity contribution is 7.99. The van der Waals surface area contributed by atoms with Crippen LogP contribution in [0, 0.1) is 0 Å². The van der Waals surface area contributed by atoms with Crippen LogP contribution in [0.3, 0.4) is 0 Å². The van der Waals surface area contributed by atoms with Crippen molar-refractivity contribution >= 4 is 27.7 Å². The fourth-order valence-corrected chi connectivity index (χ4v) is 6.41. The van der Waals surface area contributed by atoms with Crippen LogP contribution in [-0.4, -0.2) is 67.8 Å². The number of furan rings is 1. The maximum Gasteiger partial charge on any atom is 0.251 e. The van der Waals surface area contributed by atoms with Crippen molar-refractivity contribution in [3.63, 3.8) is 0 Å². The fourth-order valence-electron chi connectivity index (χ4n) is 3.96. The smallest absolute Gasteiger partial charge is 0.251 e. The third kappa shape index (κ3) is 4.74. The van der Waals surface area contributed by atoms with Crippen molar-refractivity contribution in [1.29, 1.82) is 0 Å². The molecule has 4 rings (SSSR count). The molecule has 1 N–H and O–H groups in total. The Morgan fingerprint density at radius 1 is 1.07 bits per heavy atom. The zero-order valence-electron chi connectivity index (χ0n) is 16.8. The van der Waals surface area contributed by atoms with Crippen molar-refractivity contribution in [2.24, 2.45) is 0 Å². The van der Waals surface area contributed by atoms with Crippen molar-refractivity contribution in [3.05, 3.63) is 54.0 Å². The number of sulfonamides is 1. The summed E-state index contributed by atoms with van der Waals surface area (Å²) in [7, 11) is -3.47. The summed E-state index contributed by atoms with van der Waals surface area (Å²) in [6.07, 6.45) is 5.18. The van der Waals surface area contributed by atoms with Gasteiger partial charge in [-0.3, -0.25) is 9.69 Å². The van der Waals surface area contributed by atoms with Crippen LogP contribution in [0.5, 0.6) is 0 Å². The van der Waals surface area contributed by atoms with Crippen LogP contribution in [0.1, 0.15) is 34.8 Å². The number of carbonyl (C=O) groups excluding carboxylic acids is 1. The Balaban J connectivity index is 1.41. The van der Waals surface area contributed by atoms with Gasteiger partial charge in [0.05, 0.1) is 23.5 Å². The van der Waals surface area contributed by atoms with Crippen LogP contribution in [0.4, 0.5) is 0 Å². The molecule has 3 heterocycles. The van der Waals surface area contributed by atoms with E-state index in [1.807, 2.05) is 17.8 Å². The van der Waals surface area contributed by atoms with Gasteiger partial charge >= 0.3 is 0 Å². The lowest BCUT2D eigenvalue weighted by Gasteiger charge is -2.34. The molecule has 7 nitrogen and oxygen atoms in total. The predicted molar refractivity (Wildman–Crippen MR) is 117 cm³/mol. The molecule has 2 aliphatic heterocycles. The van der Waals surface area contributed by atoms with Crippen LogP contribution in [-0.2, 0) is 10.0 Å². The second-order valence-electron chi connectivity index (χ2n) is 7.57. The van der Waals surface area contributed by atoms with Crippen molar-refractivity contribution < 1.29 is 17.6 Å². The Bertz CT molecular complexity index is 933. The first-order chi connectivity index (χ1) is 14.6. The lowest BCUT2D eigenvalue weighted by molar-refractivity contribution is 0.0934. The van der Waals surface area contributed by atoms with Crippen LogP contribution in [0.15, 0.2) is 52.2 Å². The van der Waals surface area contributed by atoms with Gasteiger partial charge in [-0.05, 0) is 43.2 Å². The minimum absolute atomic E-state index is 0.0587. The molecule has 1 amide bonds. The van der Waals surface area contributed by atoms with Crippen LogP contribution in [0.25, 0.3) is 0 Å². The SMILES string of the molecule is O=C(NCC(c1ccoc1)N1CCSCC1)c1ccc(S(=O)(=O)N2CCCC2)cc1. The minimum Gasteiger partial charge on any atom is -0.472 e. The van der Waals surface area contributed by atoms with Gasteiger partial charge in [0.2, 0.25) is 10.0 Å². The third-order valence-corrected chi connectivity index (χ3v) is 8.55. The first-order valence-electron chi connectivity index (χ1n) is 10.3. The second kappa shape index (κ2) is 9.55. The van der Waals surface area contributed by atoms with Crippen molar-refractivity contribution in [1.82, 2.24) is 14.5 Å². The number of thioether (sulfide) groups is 1. The Hall–Kier alpha value is -1.81. The van der Waals surface area contributed by atoms with Gasteiger partial charge in [0, 0.05) is 55.4 Å². The van der Waals surface area contributed by atoms with Gasteiger partial charge in [-0.25, -0.2) is 8.42 Å². The molecule has 0 radical (unpaired) electrons. The molecule has 0 spiro atoms. The summed E-state index contributed by atoms with van der Waals surface area (Å²) in [6, 6.07) is 8.22. The van der Waals surface area contributed by atoms with Crippen molar-refractivity contribution in [2.45, 2.75) is 23.8 Å². The first kappa shape index (κ1) is 21.4. The largest absolute Gasteiger partial charge is 0.472 e. The third-order valence-electron chi connectivity index (χ3n) is 5.69. The highest BCUT2D eigenvalue weighted by Crippen LogP contribution is 2.25. The average molecular weight is 450 g/mol. The van der Waals surface area contributed by atoms with E-state index in [1.165, 1.54) is 16.4 Å². The van der Waals surface area contributed by atoms with Gasteiger partial charge in [0.25, 0.3) is 5.91 Å². The Morgan fingerprint density at radius 2 is 1.77 bits per heavy atom. The Kier molecular flexibility index (Phi) is 6.82. The quantitative estimate of drug-likeness (QED) is 0.700. The number of nitrogens with one attached hydrogen (secondary N) is 1. The number of hydrogen-bond acceptors (Lipinski definition) is 6. The molecule has 1 unspecified atom stereocenters. The van der Waals surface area contributed by atoms with Gasteiger partial charge in [0.1, 0.15) is 0 Å². The standard InChI is InChI=1S/C21H27N3O4S2/c25-21(17-3-5-19(6-4-17)30(26,27)24-8-1-2-9-24)22-15-20(18-7-12-28-16-18)23-10-13-29-14-11-23/h3-7,12,16,20H,1-2,8-11,13-15H2,(H,22,25). The number of rotatable bonds is 7. The highest BCUT2D eigenvalue weighted by Gasteiger charge is 2.27. The molecule has 2 saturated heterocycles. The summed E-state index contributed by atoms with van der Waals surface area (Å²) in [6.45, 7) is 3.54. The van der Waals surface area contributed by atoms with Crippen molar-refractivity contribution in [2.75, 3.05) is 44.2 Å². The minimum atomic E-state index is -3.47. The van der Waals surface area contributed by atoms with Gasteiger partial charge in [-0.1, -0.05) is 0 Å². The molecular weight excluding hydrogens is 422 g/mol. The van der Waals surface area contributed by atoms with E-state index in [0.717, 1.165) is 43.0 Å². The summed E-state index contributed by atoms with van der Waals surface area (Å²) in [5.74, 6) is 1.95. The average Bonchev–Trinajstić information content (AvgIpc) is 3.49. The van der Waals surface area contributed by atoms with Crippen LogP contribution in [0.2, 0.25) is 0 Å². The topological polar surface area (TPSA) is 82.9 Å². The van der Waals surface area contributed by atoms with E-state index in [9.17, 15) is 13.2 Å². The number of benzene rings is 1. The molecule has 1 aromatic heterocycles. The summed E-state index contributed by atoms with van der Waals surface area (Å²) in [4.78, 5) is 15.3. The molecule has 0 saturated carbocycles. The van der Waals surface area contributed by atoms with Gasteiger partial charge in [-0.15, -0.1) is 0 Å². The molecule has 162 valence electrons. The molecular formula is C21H27N3O4S2. The summed E-state index contributed by atoms with van der Waals surface area (Å²) < 4.78 is 32.1. The second-order valence-corrected chi connectivity index (χ2v) is 10.7. The number of hydrogen-bond donors (Lipinski definition) is 1. The zero-order chi connectivity index (χ0) is 21.0. The van der Waals surface area contributed by atoms with E-state index in [0.29, 0.717) is 25.2 Å². The molecule has 0 bridgehead atoms.